The molecular formula is C16H19FN2O5. The first kappa shape index (κ1) is 17.7. The van der Waals surface area contributed by atoms with Gasteiger partial charge in [0.2, 0.25) is 0 Å². The van der Waals surface area contributed by atoms with Crippen molar-refractivity contribution in [1.82, 2.24) is 5.32 Å². The summed E-state index contributed by atoms with van der Waals surface area (Å²) in [5.74, 6) is -2.48. The van der Waals surface area contributed by atoms with Crippen LogP contribution >= 0.6 is 0 Å². The van der Waals surface area contributed by atoms with Gasteiger partial charge in [-0.3, -0.25) is 4.79 Å². The van der Waals surface area contributed by atoms with Gasteiger partial charge in [0.1, 0.15) is 5.82 Å². The molecular weight excluding hydrogens is 319 g/mol. The number of carbonyl (C=O) groups is 3. The molecule has 130 valence electrons. The van der Waals surface area contributed by atoms with E-state index in [-0.39, 0.29) is 23.2 Å². The molecule has 1 saturated carbocycles. The minimum atomic E-state index is -0.819. The van der Waals surface area contributed by atoms with Crippen molar-refractivity contribution in [3.8, 4) is 0 Å². The molecule has 0 unspecified atom stereocenters. The van der Waals surface area contributed by atoms with Gasteiger partial charge >= 0.3 is 18.0 Å². The lowest BCUT2D eigenvalue weighted by Gasteiger charge is -2.27. The summed E-state index contributed by atoms with van der Waals surface area (Å²) in [6.07, 6.45) is 2.09. The molecule has 8 heteroatoms. The summed E-state index contributed by atoms with van der Waals surface area (Å²) >= 11 is 0. The molecule has 0 aromatic heterocycles. The average Bonchev–Trinajstić information content (AvgIpc) is 2.54. The van der Waals surface area contributed by atoms with Crippen molar-refractivity contribution in [2.45, 2.75) is 31.7 Å². The first-order valence-corrected chi connectivity index (χ1v) is 7.59. The Bertz CT molecular complexity index is 641. The van der Waals surface area contributed by atoms with Gasteiger partial charge < -0.3 is 20.5 Å². The number of rotatable bonds is 4. The molecule has 0 bridgehead atoms. The maximum absolute atomic E-state index is 13.4. The molecule has 0 heterocycles. The first-order valence-electron chi connectivity index (χ1n) is 7.59. The summed E-state index contributed by atoms with van der Waals surface area (Å²) in [6.45, 7) is 0. The van der Waals surface area contributed by atoms with E-state index in [9.17, 15) is 18.8 Å². The summed E-state index contributed by atoms with van der Waals surface area (Å²) in [4.78, 5) is 34.6. The average molecular weight is 338 g/mol. The van der Waals surface area contributed by atoms with Gasteiger partial charge in [0, 0.05) is 6.04 Å². The standard InChI is InChI=1S/C16H19FN2O5/c1-24-15(22)12-7-4-10(17)8-13(12)19-16(23)18-11-5-2-9(3-6-11)14(20)21/h4,7-9,11H,2-3,5-6H2,1H3,(H,20,21)(H2,18,19,23). The van der Waals surface area contributed by atoms with Crippen LogP contribution < -0.4 is 10.6 Å². The topological polar surface area (TPSA) is 105 Å². The number of hydrogen-bond acceptors (Lipinski definition) is 4. The predicted molar refractivity (Wildman–Crippen MR) is 83.3 cm³/mol. The predicted octanol–water partition coefficient (Wildman–Crippen LogP) is 2.38. The molecule has 2 amide bonds. The van der Waals surface area contributed by atoms with Crippen LogP contribution in [0, 0.1) is 11.7 Å². The molecule has 1 aliphatic carbocycles. The van der Waals surface area contributed by atoms with Crippen LogP contribution in [0.5, 0.6) is 0 Å². The van der Waals surface area contributed by atoms with Gasteiger partial charge in [-0.1, -0.05) is 0 Å². The lowest BCUT2D eigenvalue weighted by atomic mass is 9.86. The smallest absolute Gasteiger partial charge is 0.339 e. The number of amides is 2. The number of halogens is 1. The number of anilines is 1. The number of esters is 1. The summed E-state index contributed by atoms with van der Waals surface area (Å²) in [5.41, 5.74) is 0.0576. The van der Waals surface area contributed by atoms with Gasteiger partial charge in [0.05, 0.1) is 24.3 Å². The Labute approximate surface area is 138 Å². The Morgan fingerprint density at radius 3 is 2.46 bits per heavy atom. The second kappa shape index (κ2) is 7.76. The first-order chi connectivity index (χ1) is 11.4. The van der Waals surface area contributed by atoms with E-state index in [1.54, 1.807) is 0 Å². The summed E-state index contributed by atoms with van der Waals surface area (Å²) in [7, 11) is 1.19. The zero-order valence-electron chi connectivity index (χ0n) is 13.2. The summed E-state index contributed by atoms with van der Waals surface area (Å²) in [5, 5.41) is 14.1. The SMILES string of the molecule is COC(=O)c1ccc(F)cc1NC(=O)NC1CCC(C(=O)O)CC1. The number of aliphatic carboxylic acids is 1. The van der Waals surface area contributed by atoms with Crippen molar-refractivity contribution >= 4 is 23.7 Å². The number of methoxy groups -OCH3 is 1. The van der Waals surface area contributed by atoms with Crippen molar-refractivity contribution in [2.75, 3.05) is 12.4 Å². The highest BCUT2D eigenvalue weighted by Gasteiger charge is 2.27. The maximum Gasteiger partial charge on any atom is 0.339 e. The van der Waals surface area contributed by atoms with Gasteiger partial charge in [-0.25, -0.2) is 14.0 Å². The van der Waals surface area contributed by atoms with Crippen LogP contribution in [0.15, 0.2) is 18.2 Å². The van der Waals surface area contributed by atoms with Crippen molar-refractivity contribution < 1.29 is 28.6 Å². The van der Waals surface area contributed by atoms with E-state index < -0.39 is 23.8 Å². The van der Waals surface area contributed by atoms with Gasteiger partial charge in [0.15, 0.2) is 0 Å². The van der Waals surface area contributed by atoms with Crippen LogP contribution in [0.4, 0.5) is 14.9 Å². The maximum atomic E-state index is 13.4. The molecule has 1 fully saturated rings. The number of ether oxygens (including phenoxy) is 1. The number of carboxylic acids is 1. The van der Waals surface area contributed by atoms with E-state index in [0.29, 0.717) is 25.7 Å². The van der Waals surface area contributed by atoms with E-state index in [2.05, 4.69) is 15.4 Å². The van der Waals surface area contributed by atoms with Crippen LogP contribution in [0.3, 0.4) is 0 Å². The number of hydrogen-bond donors (Lipinski definition) is 3. The Morgan fingerprint density at radius 2 is 1.88 bits per heavy atom. The normalized spacial score (nSPS) is 20.1. The summed E-state index contributed by atoms with van der Waals surface area (Å²) < 4.78 is 18.0. The lowest BCUT2D eigenvalue weighted by molar-refractivity contribution is -0.142. The minimum absolute atomic E-state index is 0.0126. The fourth-order valence-electron chi connectivity index (χ4n) is 2.74. The molecule has 0 aliphatic heterocycles. The van der Waals surface area contributed by atoms with Gasteiger partial charge in [0.25, 0.3) is 0 Å². The van der Waals surface area contributed by atoms with E-state index in [1.807, 2.05) is 0 Å². The number of benzene rings is 1. The summed E-state index contributed by atoms with van der Waals surface area (Å²) in [6, 6.07) is 2.63. The number of urea groups is 1. The van der Waals surface area contributed by atoms with E-state index in [4.69, 9.17) is 5.11 Å². The van der Waals surface area contributed by atoms with Crippen LogP contribution in [0.1, 0.15) is 36.0 Å². The van der Waals surface area contributed by atoms with Crippen LogP contribution in [0.2, 0.25) is 0 Å². The fraction of sp³-hybridized carbons (Fsp3) is 0.438. The molecule has 7 nitrogen and oxygen atoms in total. The molecule has 1 aliphatic rings. The van der Waals surface area contributed by atoms with Crippen molar-refractivity contribution in [3.63, 3.8) is 0 Å². The highest BCUT2D eigenvalue weighted by atomic mass is 19.1. The van der Waals surface area contributed by atoms with E-state index in [1.165, 1.54) is 13.2 Å². The molecule has 24 heavy (non-hydrogen) atoms. The van der Waals surface area contributed by atoms with Gasteiger partial charge in [-0.05, 0) is 43.9 Å². The molecule has 0 radical (unpaired) electrons. The largest absolute Gasteiger partial charge is 0.481 e. The zero-order valence-corrected chi connectivity index (χ0v) is 13.2. The quantitative estimate of drug-likeness (QED) is 0.731. The Hall–Kier alpha value is -2.64. The van der Waals surface area contributed by atoms with Gasteiger partial charge in [-0.2, -0.15) is 0 Å². The van der Waals surface area contributed by atoms with E-state index >= 15 is 0 Å². The second-order valence-corrected chi connectivity index (χ2v) is 5.67. The van der Waals surface area contributed by atoms with Crippen molar-refractivity contribution in [3.05, 3.63) is 29.6 Å². The van der Waals surface area contributed by atoms with Crippen LogP contribution in [-0.2, 0) is 9.53 Å². The number of carboxylic acid groups (broad SMARTS) is 1. The third-order valence-corrected chi connectivity index (χ3v) is 4.05. The van der Waals surface area contributed by atoms with Crippen LogP contribution in [-0.4, -0.2) is 36.2 Å². The highest BCUT2D eigenvalue weighted by Crippen LogP contribution is 2.24. The molecule has 1 aromatic carbocycles. The Balaban J connectivity index is 1.97. The molecule has 0 spiro atoms. The molecule has 0 atom stereocenters. The number of nitrogens with one attached hydrogen (secondary N) is 2. The molecule has 0 saturated heterocycles. The van der Waals surface area contributed by atoms with Crippen molar-refractivity contribution in [1.29, 1.82) is 0 Å². The van der Waals surface area contributed by atoms with E-state index in [0.717, 1.165) is 12.1 Å². The lowest BCUT2D eigenvalue weighted by Crippen LogP contribution is -2.41. The van der Waals surface area contributed by atoms with Crippen LogP contribution in [0.25, 0.3) is 0 Å². The monoisotopic (exact) mass is 338 g/mol. The minimum Gasteiger partial charge on any atom is -0.481 e. The van der Waals surface area contributed by atoms with Gasteiger partial charge in [-0.15, -0.1) is 0 Å². The zero-order chi connectivity index (χ0) is 17.7. The highest BCUT2D eigenvalue weighted by molar-refractivity contribution is 6.00. The van der Waals surface area contributed by atoms with Crippen molar-refractivity contribution in [2.24, 2.45) is 5.92 Å². The molecule has 2 rings (SSSR count). The third-order valence-electron chi connectivity index (χ3n) is 4.05. The molecule has 3 N–H and O–H groups in total. The second-order valence-electron chi connectivity index (χ2n) is 5.67. The molecule has 1 aromatic rings. The third kappa shape index (κ3) is 4.43. The number of carbonyl (C=O) groups excluding carboxylic acids is 2. The fourth-order valence-corrected chi connectivity index (χ4v) is 2.74. The Kier molecular flexibility index (Phi) is 5.73. The Morgan fingerprint density at radius 1 is 1.21 bits per heavy atom.